The Labute approximate surface area is 114 Å². The Balaban J connectivity index is 2.84. The van der Waals surface area contributed by atoms with Crippen molar-refractivity contribution in [2.75, 3.05) is 18.9 Å². The van der Waals surface area contributed by atoms with E-state index in [1.807, 2.05) is 13.8 Å². The molecule has 0 aromatic rings. The second-order valence-electron chi connectivity index (χ2n) is 5.10. The summed E-state index contributed by atoms with van der Waals surface area (Å²) in [6.45, 7) is 5.75. The van der Waals surface area contributed by atoms with E-state index >= 15 is 0 Å². The van der Waals surface area contributed by atoms with Gasteiger partial charge in [0.15, 0.2) is 0 Å². The number of rotatable bonds is 7. The molecule has 0 saturated carbocycles. The smallest absolute Gasteiger partial charge is 0.325 e. The lowest BCUT2D eigenvalue weighted by Crippen LogP contribution is -2.53. The molecule has 1 fully saturated rings. The highest BCUT2D eigenvalue weighted by atomic mass is 32.2. The van der Waals surface area contributed by atoms with Crippen molar-refractivity contribution in [3.05, 3.63) is 0 Å². The maximum Gasteiger partial charge on any atom is 0.325 e. The van der Waals surface area contributed by atoms with Crippen LogP contribution in [0.25, 0.3) is 0 Å². The van der Waals surface area contributed by atoms with Crippen molar-refractivity contribution in [1.82, 2.24) is 4.31 Å². The fourth-order valence-corrected chi connectivity index (χ4v) is 4.24. The van der Waals surface area contributed by atoms with E-state index in [1.165, 1.54) is 0 Å². The van der Waals surface area contributed by atoms with Gasteiger partial charge in [-0.3, -0.25) is 4.79 Å². The van der Waals surface area contributed by atoms with E-state index in [-0.39, 0.29) is 31.4 Å². The zero-order valence-corrected chi connectivity index (χ0v) is 12.6. The first-order chi connectivity index (χ1) is 8.76. The number of hydrogen-bond donors (Lipinski definition) is 1. The summed E-state index contributed by atoms with van der Waals surface area (Å²) in [5, 5.41) is 9.37. The number of aliphatic carboxylic acids is 1. The molecule has 1 unspecified atom stereocenters. The van der Waals surface area contributed by atoms with Crippen LogP contribution < -0.4 is 0 Å². The highest BCUT2D eigenvalue weighted by Gasteiger charge is 2.51. The van der Waals surface area contributed by atoms with Gasteiger partial charge in [0.05, 0.1) is 18.5 Å². The van der Waals surface area contributed by atoms with Crippen molar-refractivity contribution in [3.8, 4) is 0 Å². The molecule has 0 spiro atoms. The summed E-state index contributed by atoms with van der Waals surface area (Å²) in [5.41, 5.74) is -1.27. The van der Waals surface area contributed by atoms with E-state index in [4.69, 9.17) is 4.74 Å². The third-order valence-electron chi connectivity index (χ3n) is 3.54. The third-order valence-corrected chi connectivity index (χ3v) is 5.43. The number of nitrogens with zero attached hydrogens (tertiary/aromatic N) is 1. The van der Waals surface area contributed by atoms with Gasteiger partial charge in [0, 0.05) is 6.54 Å². The number of carboxylic acid groups (broad SMARTS) is 1. The fraction of sp³-hybridized carbons (Fsp3) is 0.917. The van der Waals surface area contributed by atoms with Crippen LogP contribution in [0.1, 0.15) is 40.0 Å². The van der Waals surface area contributed by atoms with Crippen LogP contribution in [0.4, 0.5) is 0 Å². The lowest BCUT2D eigenvalue weighted by atomic mass is 9.95. The van der Waals surface area contributed by atoms with Gasteiger partial charge in [0.25, 0.3) is 0 Å². The summed E-state index contributed by atoms with van der Waals surface area (Å²) in [6.07, 6.45) is 1.21. The second kappa shape index (κ2) is 6.19. The van der Waals surface area contributed by atoms with Gasteiger partial charge in [0.2, 0.25) is 10.0 Å². The van der Waals surface area contributed by atoms with E-state index < -0.39 is 21.5 Å². The van der Waals surface area contributed by atoms with E-state index in [2.05, 4.69) is 0 Å². The molecule has 0 amide bonds. The van der Waals surface area contributed by atoms with Crippen molar-refractivity contribution in [3.63, 3.8) is 0 Å². The average Bonchev–Trinajstić information content (AvgIpc) is 2.73. The number of sulfonamides is 1. The van der Waals surface area contributed by atoms with E-state index in [0.717, 1.165) is 4.31 Å². The molecule has 0 aromatic carbocycles. The fourth-order valence-electron chi connectivity index (χ4n) is 2.48. The van der Waals surface area contributed by atoms with Gasteiger partial charge in [-0.25, -0.2) is 8.42 Å². The van der Waals surface area contributed by atoms with E-state index in [9.17, 15) is 18.3 Å². The predicted molar refractivity (Wildman–Crippen MR) is 71.5 cm³/mol. The van der Waals surface area contributed by atoms with Crippen molar-refractivity contribution in [2.24, 2.45) is 0 Å². The van der Waals surface area contributed by atoms with Gasteiger partial charge in [0.1, 0.15) is 5.54 Å². The molecule has 0 aliphatic carbocycles. The van der Waals surface area contributed by atoms with Crippen LogP contribution in [0, 0.1) is 0 Å². The Morgan fingerprint density at radius 3 is 2.58 bits per heavy atom. The molecular formula is C12H23NO5S. The molecule has 1 N–H and O–H groups in total. The van der Waals surface area contributed by atoms with Gasteiger partial charge < -0.3 is 9.84 Å². The molecule has 112 valence electrons. The maximum atomic E-state index is 12.3. The second-order valence-corrected chi connectivity index (χ2v) is 7.11. The van der Waals surface area contributed by atoms with Crippen LogP contribution in [0.15, 0.2) is 0 Å². The minimum absolute atomic E-state index is 0.0378. The van der Waals surface area contributed by atoms with Gasteiger partial charge in [-0.1, -0.05) is 6.92 Å². The maximum absolute atomic E-state index is 12.3. The van der Waals surface area contributed by atoms with Crippen molar-refractivity contribution in [1.29, 1.82) is 0 Å². The number of carboxylic acids is 1. The molecular weight excluding hydrogens is 270 g/mol. The summed E-state index contributed by atoms with van der Waals surface area (Å²) < 4.78 is 31.0. The predicted octanol–water partition coefficient (Wildman–Crippen LogP) is 1.07. The molecule has 1 aliphatic heterocycles. The topological polar surface area (TPSA) is 83.9 Å². The summed E-state index contributed by atoms with van der Waals surface area (Å²) in [4.78, 5) is 11.5. The van der Waals surface area contributed by atoms with Crippen LogP contribution in [0.2, 0.25) is 0 Å². The Bertz CT molecular complexity index is 420. The molecule has 1 atom stereocenters. The Morgan fingerprint density at radius 2 is 2.11 bits per heavy atom. The quantitative estimate of drug-likeness (QED) is 0.759. The summed E-state index contributed by atoms with van der Waals surface area (Å²) >= 11 is 0. The molecule has 1 saturated heterocycles. The SMILES string of the molecule is CCC1(C(=O)O)CCCN1S(=O)(=O)CCOC(C)C. The molecule has 0 bridgehead atoms. The third kappa shape index (κ3) is 3.46. The van der Waals surface area contributed by atoms with E-state index in [0.29, 0.717) is 12.8 Å². The highest BCUT2D eigenvalue weighted by Crippen LogP contribution is 2.35. The van der Waals surface area contributed by atoms with Crippen molar-refractivity contribution < 1.29 is 23.1 Å². The lowest BCUT2D eigenvalue weighted by molar-refractivity contribution is -0.147. The molecule has 0 radical (unpaired) electrons. The van der Waals surface area contributed by atoms with Crippen molar-refractivity contribution in [2.45, 2.75) is 51.7 Å². The molecule has 1 heterocycles. The standard InChI is InChI=1S/C12H23NO5S/c1-4-12(11(14)15)6-5-7-13(12)19(16,17)9-8-18-10(2)3/h10H,4-9H2,1-3H3,(H,14,15). The molecule has 6 nitrogen and oxygen atoms in total. The van der Waals surface area contributed by atoms with Gasteiger partial charge in [-0.2, -0.15) is 4.31 Å². The Hall–Kier alpha value is -0.660. The zero-order valence-electron chi connectivity index (χ0n) is 11.8. The van der Waals surface area contributed by atoms with Gasteiger partial charge >= 0.3 is 5.97 Å². The monoisotopic (exact) mass is 293 g/mol. The van der Waals surface area contributed by atoms with Crippen LogP contribution in [-0.4, -0.2) is 54.3 Å². The number of carbonyl (C=O) groups is 1. The summed E-state index contributed by atoms with van der Waals surface area (Å²) in [5.74, 6) is -1.22. The van der Waals surface area contributed by atoms with Crippen LogP contribution in [-0.2, 0) is 19.6 Å². The Morgan fingerprint density at radius 1 is 1.47 bits per heavy atom. The minimum atomic E-state index is -3.59. The normalized spacial score (nSPS) is 25.1. The molecule has 19 heavy (non-hydrogen) atoms. The largest absolute Gasteiger partial charge is 0.480 e. The first kappa shape index (κ1) is 16.4. The average molecular weight is 293 g/mol. The summed E-state index contributed by atoms with van der Waals surface area (Å²) in [7, 11) is -3.59. The minimum Gasteiger partial charge on any atom is -0.480 e. The van der Waals surface area contributed by atoms with Crippen molar-refractivity contribution >= 4 is 16.0 Å². The van der Waals surface area contributed by atoms with Crippen LogP contribution >= 0.6 is 0 Å². The van der Waals surface area contributed by atoms with E-state index in [1.54, 1.807) is 6.92 Å². The number of ether oxygens (including phenoxy) is 1. The lowest BCUT2D eigenvalue weighted by Gasteiger charge is -2.32. The zero-order chi connectivity index (χ0) is 14.7. The first-order valence-electron chi connectivity index (χ1n) is 6.62. The molecule has 0 aromatic heterocycles. The van der Waals surface area contributed by atoms with Crippen LogP contribution in [0.3, 0.4) is 0 Å². The number of hydrogen-bond acceptors (Lipinski definition) is 4. The van der Waals surface area contributed by atoms with Gasteiger partial charge in [-0.05, 0) is 33.1 Å². The van der Waals surface area contributed by atoms with Crippen LogP contribution in [0.5, 0.6) is 0 Å². The first-order valence-corrected chi connectivity index (χ1v) is 8.22. The van der Waals surface area contributed by atoms with Gasteiger partial charge in [-0.15, -0.1) is 0 Å². The molecule has 1 aliphatic rings. The molecule has 7 heteroatoms. The Kier molecular flexibility index (Phi) is 5.34. The summed E-state index contributed by atoms with van der Waals surface area (Å²) in [6, 6.07) is 0. The molecule has 1 rings (SSSR count). The highest BCUT2D eigenvalue weighted by molar-refractivity contribution is 7.89.